The molecule has 27 heavy (non-hydrogen) atoms. The summed E-state index contributed by atoms with van der Waals surface area (Å²) in [5.41, 5.74) is 2.11. The normalized spacial score (nSPS) is 21.6. The highest BCUT2D eigenvalue weighted by atomic mass is 19.1. The Bertz CT molecular complexity index is 860. The Kier molecular flexibility index (Phi) is 5.54. The quantitative estimate of drug-likeness (QED) is 0.880. The molecule has 0 radical (unpaired) electrons. The highest BCUT2D eigenvalue weighted by Gasteiger charge is 2.51. The highest BCUT2D eigenvalue weighted by Crippen LogP contribution is 2.41. The lowest BCUT2D eigenvalue weighted by Crippen LogP contribution is -2.66. The Balaban J connectivity index is 1.84. The molecule has 3 rings (SSSR count). The van der Waals surface area contributed by atoms with Gasteiger partial charge in [-0.1, -0.05) is 42.5 Å². The fourth-order valence-corrected chi connectivity index (χ4v) is 3.68. The van der Waals surface area contributed by atoms with Crippen molar-refractivity contribution in [2.24, 2.45) is 0 Å². The molecule has 1 aliphatic rings. The minimum Gasteiger partial charge on any atom is -0.394 e. The Hall–Kier alpha value is -2.75. The van der Waals surface area contributed by atoms with Crippen LogP contribution in [0.4, 0.5) is 4.39 Å². The third-order valence-electron chi connectivity index (χ3n) is 4.95. The van der Waals surface area contributed by atoms with Gasteiger partial charge in [0.2, 0.25) is 5.91 Å². The Morgan fingerprint density at radius 2 is 1.89 bits per heavy atom. The zero-order valence-corrected chi connectivity index (χ0v) is 15.3. The molecular formula is C21H22FN3O2. The molecule has 0 saturated carbocycles. The first kappa shape index (κ1) is 19.0. The predicted molar refractivity (Wildman–Crippen MR) is 100 cm³/mol. The third-order valence-corrected chi connectivity index (χ3v) is 4.95. The van der Waals surface area contributed by atoms with Crippen molar-refractivity contribution in [2.45, 2.75) is 18.0 Å². The molecule has 1 saturated heterocycles. The van der Waals surface area contributed by atoms with E-state index in [1.54, 1.807) is 49.3 Å². The summed E-state index contributed by atoms with van der Waals surface area (Å²) in [7, 11) is 3.57. The first-order valence-corrected chi connectivity index (χ1v) is 8.79. The van der Waals surface area contributed by atoms with Crippen molar-refractivity contribution < 1.29 is 14.3 Å². The number of halogens is 1. The second kappa shape index (κ2) is 7.87. The van der Waals surface area contributed by atoms with Crippen LogP contribution in [0.25, 0.3) is 11.1 Å². The molecule has 0 bridgehead atoms. The molecule has 2 aromatic carbocycles. The van der Waals surface area contributed by atoms with Crippen molar-refractivity contribution in [2.75, 3.05) is 27.2 Å². The Labute approximate surface area is 158 Å². The first-order valence-electron chi connectivity index (χ1n) is 8.79. The van der Waals surface area contributed by atoms with Crippen molar-refractivity contribution in [3.63, 3.8) is 0 Å². The molecule has 140 valence electrons. The molecular weight excluding hydrogens is 345 g/mol. The van der Waals surface area contributed by atoms with Crippen molar-refractivity contribution in [1.82, 2.24) is 9.80 Å². The van der Waals surface area contributed by atoms with E-state index in [1.165, 1.54) is 11.0 Å². The van der Waals surface area contributed by atoms with Crippen LogP contribution in [0.1, 0.15) is 11.5 Å². The van der Waals surface area contributed by atoms with Gasteiger partial charge in [-0.05, 0) is 31.3 Å². The van der Waals surface area contributed by atoms with Crippen LogP contribution in [0.5, 0.6) is 0 Å². The number of hydrogen-bond donors (Lipinski definition) is 1. The number of likely N-dealkylation sites (tertiary alicyclic amines) is 1. The summed E-state index contributed by atoms with van der Waals surface area (Å²) in [5, 5.41) is 19.4. The third kappa shape index (κ3) is 3.57. The summed E-state index contributed by atoms with van der Waals surface area (Å²) >= 11 is 0. The van der Waals surface area contributed by atoms with Gasteiger partial charge in [0.1, 0.15) is 11.9 Å². The summed E-state index contributed by atoms with van der Waals surface area (Å²) in [5.74, 6) is -0.733. The van der Waals surface area contributed by atoms with E-state index in [1.807, 2.05) is 12.1 Å². The molecule has 0 unspecified atom stereocenters. The second-order valence-electron chi connectivity index (χ2n) is 6.99. The lowest BCUT2D eigenvalue weighted by Gasteiger charge is -2.51. The fourth-order valence-electron chi connectivity index (χ4n) is 3.68. The zero-order valence-electron chi connectivity index (χ0n) is 15.3. The SMILES string of the molecule is CN(C)CC(=O)N1[C@@H](C#N)[C@@H](c2ccc(-c3ccccc3F)cc2)[C@@H]1CO. The number of carbonyl (C=O) groups is 1. The van der Waals surface area contributed by atoms with Gasteiger partial charge in [-0.15, -0.1) is 0 Å². The van der Waals surface area contributed by atoms with Crippen molar-refractivity contribution in [3.05, 3.63) is 59.9 Å². The molecule has 1 N–H and O–H groups in total. The van der Waals surface area contributed by atoms with Gasteiger partial charge in [0.15, 0.2) is 0 Å². The lowest BCUT2D eigenvalue weighted by molar-refractivity contribution is -0.147. The number of rotatable bonds is 5. The van der Waals surface area contributed by atoms with Crippen LogP contribution in [0.3, 0.4) is 0 Å². The van der Waals surface area contributed by atoms with Gasteiger partial charge in [-0.25, -0.2) is 4.39 Å². The van der Waals surface area contributed by atoms with Crippen LogP contribution in [-0.2, 0) is 4.79 Å². The first-order chi connectivity index (χ1) is 13.0. The number of amides is 1. The van der Waals surface area contributed by atoms with Gasteiger partial charge in [-0.3, -0.25) is 4.79 Å². The summed E-state index contributed by atoms with van der Waals surface area (Å²) in [6.07, 6.45) is 0. The summed E-state index contributed by atoms with van der Waals surface area (Å²) in [4.78, 5) is 15.6. The molecule has 5 nitrogen and oxygen atoms in total. The van der Waals surface area contributed by atoms with Crippen LogP contribution in [0.2, 0.25) is 0 Å². The highest BCUT2D eigenvalue weighted by molar-refractivity contribution is 5.81. The molecule has 0 aromatic heterocycles. The van der Waals surface area contributed by atoms with Crippen molar-refractivity contribution in [1.29, 1.82) is 5.26 Å². The zero-order chi connectivity index (χ0) is 19.6. The van der Waals surface area contributed by atoms with Crippen LogP contribution in [0, 0.1) is 17.1 Å². The maximum atomic E-state index is 14.0. The number of hydrogen-bond acceptors (Lipinski definition) is 4. The minimum atomic E-state index is -0.617. The van der Waals surface area contributed by atoms with Gasteiger partial charge in [0.05, 0.1) is 25.3 Å². The van der Waals surface area contributed by atoms with Crippen LogP contribution < -0.4 is 0 Å². The summed E-state index contributed by atoms with van der Waals surface area (Å²) < 4.78 is 14.0. The molecule has 1 heterocycles. The van der Waals surface area contributed by atoms with E-state index in [4.69, 9.17) is 0 Å². The van der Waals surface area contributed by atoms with Gasteiger partial charge in [0, 0.05) is 11.5 Å². The molecule has 0 spiro atoms. The number of carbonyl (C=O) groups excluding carboxylic acids is 1. The Morgan fingerprint density at radius 3 is 2.44 bits per heavy atom. The minimum absolute atomic E-state index is 0.176. The topological polar surface area (TPSA) is 67.6 Å². The molecule has 1 amide bonds. The van der Waals surface area contributed by atoms with E-state index in [2.05, 4.69) is 6.07 Å². The summed E-state index contributed by atoms with van der Waals surface area (Å²) in [6.45, 7) is -0.0231. The fraction of sp³-hybridized carbons (Fsp3) is 0.333. The number of aliphatic hydroxyl groups is 1. The van der Waals surface area contributed by atoms with Crippen LogP contribution >= 0.6 is 0 Å². The number of aliphatic hydroxyl groups excluding tert-OH is 1. The maximum Gasteiger partial charge on any atom is 0.238 e. The van der Waals surface area contributed by atoms with Crippen LogP contribution in [0.15, 0.2) is 48.5 Å². The van der Waals surface area contributed by atoms with E-state index in [0.29, 0.717) is 5.56 Å². The van der Waals surface area contributed by atoms with Crippen LogP contribution in [-0.4, -0.2) is 60.1 Å². The molecule has 0 aliphatic carbocycles. The smallest absolute Gasteiger partial charge is 0.238 e. The number of benzene rings is 2. The van der Waals surface area contributed by atoms with Crippen molar-refractivity contribution >= 4 is 5.91 Å². The lowest BCUT2D eigenvalue weighted by atomic mass is 9.75. The number of nitrogens with zero attached hydrogens (tertiary/aromatic N) is 3. The average molecular weight is 367 g/mol. The monoisotopic (exact) mass is 367 g/mol. The van der Waals surface area contributed by atoms with Crippen molar-refractivity contribution in [3.8, 4) is 17.2 Å². The van der Waals surface area contributed by atoms with E-state index in [9.17, 15) is 19.6 Å². The standard InChI is InChI=1S/C21H22FN3O2/c1-24(2)12-20(27)25-18(11-23)21(19(25)13-26)15-9-7-14(8-10-15)16-5-3-4-6-17(16)22/h3-10,18-19,21,26H,12-13H2,1-2H3/t18-,19-,21+/m0/s1. The molecule has 1 fully saturated rings. The van der Waals surface area contributed by atoms with Gasteiger partial charge in [0.25, 0.3) is 0 Å². The molecule has 1 aliphatic heterocycles. The summed E-state index contributed by atoms with van der Waals surface area (Å²) in [6, 6.07) is 15.0. The van der Waals surface area contributed by atoms with E-state index in [0.717, 1.165) is 11.1 Å². The largest absolute Gasteiger partial charge is 0.394 e. The molecule has 6 heteroatoms. The Morgan fingerprint density at radius 1 is 1.22 bits per heavy atom. The predicted octanol–water partition coefficient (Wildman–Crippen LogP) is 2.23. The van der Waals surface area contributed by atoms with E-state index >= 15 is 0 Å². The number of likely N-dealkylation sites (N-methyl/N-ethyl adjacent to an activating group) is 1. The maximum absolute atomic E-state index is 14.0. The number of nitriles is 1. The second-order valence-corrected chi connectivity index (χ2v) is 6.99. The average Bonchev–Trinajstić information content (AvgIpc) is 2.62. The van der Waals surface area contributed by atoms with E-state index in [-0.39, 0.29) is 30.8 Å². The van der Waals surface area contributed by atoms with Gasteiger partial charge in [-0.2, -0.15) is 5.26 Å². The molecule has 2 aromatic rings. The molecule has 3 atom stereocenters. The van der Waals surface area contributed by atoms with Gasteiger partial charge >= 0.3 is 0 Å². The van der Waals surface area contributed by atoms with E-state index < -0.39 is 12.1 Å². The van der Waals surface area contributed by atoms with Gasteiger partial charge < -0.3 is 14.9 Å².